The van der Waals surface area contributed by atoms with Crippen LogP contribution in [0.15, 0.2) is 18.2 Å². The lowest BCUT2D eigenvalue weighted by molar-refractivity contribution is 0.396. The van der Waals surface area contributed by atoms with Gasteiger partial charge in [-0.3, -0.25) is 0 Å². The van der Waals surface area contributed by atoms with E-state index >= 15 is 0 Å². The van der Waals surface area contributed by atoms with Crippen molar-refractivity contribution < 1.29 is 9.47 Å². The van der Waals surface area contributed by atoms with Crippen LogP contribution in [-0.2, 0) is 0 Å². The Morgan fingerprint density at radius 3 is 2.62 bits per heavy atom. The molecule has 2 N–H and O–H groups in total. The smallest absolute Gasteiger partial charge is 0.123 e. The molecule has 0 radical (unpaired) electrons. The number of hydrogen-bond donors (Lipinski definition) is 1. The predicted molar refractivity (Wildman–Crippen MR) is 69.5 cm³/mol. The van der Waals surface area contributed by atoms with Gasteiger partial charge in [0.15, 0.2) is 0 Å². The molecule has 90 valence electrons. The molecular formula is C12H19NO2S. The molecule has 0 heterocycles. The van der Waals surface area contributed by atoms with Crippen LogP contribution in [0.3, 0.4) is 0 Å². The highest BCUT2D eigenvalue weighted by Crippen LogP contribution is 2.29. The summed E-state index contributed by atoms with van der Waals surface area (Å²) >= 11 is 1.82. The molecule has 0 saturated heterocycles. The number of hydrogen-bond acceptors (Lipinski definition) is 4. The van der Waals surface area contributed by atoms with Crippen molar-refractivity contribution in [2.24, 2.45) is 5.73 Å². The summed E-state index contributed by atoms with van der Waals surface area (Å²) < 4.78 is 10.5. The first-order chi connectivity index (χ1) is 7.72. The van der Waals surface area contributed by atoms with Gasteiger partial charge in [-0.15, -0.1) is 0 Å². The molecule has 1 rings (SSSR count). The van der Waals surface area contributed by atoms with E-state index < -0.39 is 0 Å². The normalized spacial score (nSPS) is 12.2. The van der Waals surface area contributed by atoms with Crippen molar-refractivity contribution in [3.63, 3.8) is 0 Å². The molecule has 1 unspecified atom stereocenters. The van der Waals surface area contributed by atoms with Crippen LogP contribution < -0.4 is 15.2 Å². The molecule has 16 heavy (non-hydrogen) atoms. The van der Waals surface area contributed by atoms with Gasteiger partial charge in [-0.1, -0.05) is 6.92 Å². The molecule has 4 heteroatoms. The quantitative estimate of drug-likeness (QED) is 0.831. The fourth-order valence-corrected chi connectivity index (χ4v) is 2.13. The Balaban J connectivity index is 2.89. The van der Waals surface area contributed by atoms with Gasteiger partial charge in [0.25, 0.3) is 0 Å². The zero-order valence-electron chi connectivity index (χ0n) is 10.0. The van der Waals surface area contributed by atoms with E-state index in [1.54, 1.807) is 14.2 Å². The second-order valence-electron chi connectivity index (χ2n) is 3.37. The average molecular weight is 241 g/mol. The first kappa shape index (κ1) is 13.2. The van der Waals surface area contributed by atoms with Crippen LogP contribution in [0.2, 0.25) is 0 Å². The number of nitrogens with two attached hydrogens (primary N) is 1. The Morgan fingerprint density at radius 2 is 2.06 bits per heavy atom. The lowest BCUT2D eigenvalue weighted by atomic mass is 10.1. The third-order valence-corrected chi connectivity index (χ3v) is 3.34. The number of methoxy groups -OCH3 is 2. The zero-order chi connectivity index (χ0) is 12.0. The minimum absolute atomic E-state index is 0.0185. The summed E-state index contributed by atoms with van der Waals surface area (Å²) in [4.78, 5) is 0. The Kier molecular flexibility index (Phi) is 5.49. The van der Waals surface area contributed by atoms with E-state index in [-0.39, 0.29) is 6.04 Å². The van der Waals surface area contributed by atoms with Crippen LogP contribution in [0.1, 0.15) is 18.5 Å². The number of thioether (sulfide) groups is 1. The summed E-state index contributed by atoms with van der Waals surface area (Å²) in [6.45, 7) is 2.13. The van der Waals surface area contributed by atoms with Crippen molar-refractivity contribution in [1.29, 1.82) is 0 Å². The Bertz CT molecular complexity index is 331. The van der Waals surface area contributed by atoms with Crippen LogP contribution in [0.25, 0.3) is 0 Å². The molecule has 1 aromatic carbocycles. The number of benzene rings is 1. The lowest BCUT2D eigenvalue weighted by Gasteiger charge is -2.16. The number of rotatable bonds is 6. The molecule has 0 aromatic heterocycles. The van der Waals surface area contributed by atoms with Gasteiger partial charge in [0, 0.05) is 17.4 Å². The fourth-order valence-electron chi connectivity index (χ4n) is 1.46. The largest absolute Gasteiger partial charge is 0.497 e. The second kappa shape index (κ2) is 6.66. The van der Waals surface area contributed by atoms with Gasteiger partial charge in [0.2, 0.25) is 0 Å². The van der Waals surface area contributed by atoms with Gasteiger partial charge in [-0.25, -0.2) is 0 Å². The van der Waals surface area contributed by atoms with Gasteiger partial charge in [-0.05, 0) is 24.0 Å². The maximum atomic E-state index is 6.12. The zero-order valence-corrected chi connectivity index (χ0v) is 10.8. The molecule has 0 spiro atoms. The highest BCUT2D eigenvalue weighted by Gasteiger charge is 2.12. The van der Waals surface area contributed by atoms with Crippen molar-refractivity contribution in [3.8, 4) is 11.5 Å². The Morgan fingerprint density at radius 1 is 1.31 bits per heavy atom. The van der Waals surface area contributed by atoms with E-state index in [0.717, 1.165) is 28.6 Å². The molecule has 0 aliphatic rings. The summed E-state index contributed by atoms with van der Waals surface area (Å²) in [7, 11) is 3.31. The Hall–Kier alpha value is -0.870. The monoisotopic (exact) mass is 241 g/mol. The highest BCUT2D eigenvalue weighted by atomic mass is 32.2. The summed E-state index contributed by atoms with van der Waals surface area (Å²) in [5.41, 5.74) is 7.13. The lowest BCUT2D eigenvalue weighted by Crippen LogP contribution is -2.14. The SMILES string of the molecule is CCSCC(N)c1cc(OC)ccc1OC. The Labute approximate surface area is 101 Å². The third kappa shape index (κ3) is 3.32. The van der Waals surface area contributed by atoms with Crippen LogP contribution >= 0.6 is 11.8 Å². The van der Waals surface area contributed by atoms with Crippen molar-refractivity contribution in [2.45, 2.75) is 13.0 Å². The van der Waals surface area contributed by atoms with Gasteiger partial charge in [-0.2, -0.15) is 11.8 Å². The minimum Gasteiger partial charge on any atom is -0.497 e. The minimum atomic E-state index is -0.0185. The van der Waals surface area contributed by atoms with Gasteiger partial charge in [0.1, 0.15) is 11.5 Å². The topological polar surface area (TPSA) is 44.5 Å². The van der Waals surface area contributed by atoms with Crippen LogP contribution in [0.5, 0.6) is 11.5 Å². The van der Waals surface area contributed by atoms with Crippen molar-refractivity contribution in [2.75, 3.05) is 25.7 Å². The van der Waals surface area contributed by atoms with Crippen LogP contribution in [-0.4, -0.2) is 25.7 Å². The first-order valence-electron chi connectivity index (χ1n) is 5.28. The van der Waals surface area contributed by atoms with E-state index in [1.165, 1.54) is 0 Å². The van der Waals surface area contributed by atoms with E-state index in [4.69, 9.17) is 15.2 Å². The number of ether oxygens (including phenoxy) is 2. The van der Waals surface area contributed by atoms with Crippen LogP contribution in [0.4, 0.5) is 0 Å². The molecule has 0 aliphatic carbocycles. The molecule has 1 aromatic rings. The summed E-state index contributed by atoms with van der Waals surface area (Å²) in [6, 6.07) is 5.70. The van der Waals surface area contributed by atoms with Crippen molar-refractivity contribution >= 4 is 11.8 Å². The van der Waals surface area contributed by atoms with Gasteiger partial charge < -0.3 is 15.2 Å². The van der Waals surface area contributed by atoms with Gasteiger partial charge >= 0.3 is 0 Å². The van der Waals surface area contributed by atoms with Crippen molar-refractivity contribution in [3.05, 3.63) is 23.8 Å². The molecular weight excluding hydrogens is 222 g/mol. The fraction of sp³-hybridized carbons (Fsp3) is 0.500. The van der Waals surface area contributed by atoms with Gasteiger partial charge in [0.05, 0.1) is 14.2 Å². The molecule has 0 amide bonds. The second-order valence-corrected chi connectivity index (χ2v) is 4.69. The van der Waals surface area contributed by atoms with E-state index in [9.17, 15) is 0 Å². The molecule has 3 nitrogen and oxygen atoms in total. The predicted octanol–water partition coefficient (Wildman–Crippen LogP) is 2.46. The molecule has 0 aliphatic heterocycles. The first-order valence-corrected chi connectivity index (χ1v) is 6.43. The third-order valence-electron chi connectivity index (χ3n) is 2.34. The molecule has 0 saturated carbocycles. The molecule has 0 bridgehead atoms. The molecule has 0 fully saturated rings. The summed E-state index contributed by atoms with van der Waals surface area (Å²) in [5.74, 6) is 3.60. The maximum Gasteiger partial charge on any atom is 0.123 e. The summed E-state index contributed by atoms with van der Waals surface area (Å²) in [6.07, 6.45) is 0. The standard InChI is InChI=1S/C12H19NO2S/c1-4-16-8-11(13)10-7-9(14-2)5-6-12(10)15-3/h5-7,11H,4,8,13H2,1-3H3. The van der Waals surface area contributed by atoms with E-state index in [0.29, 0.717) is 0 Å². The van der Waals surface area contributed by atoms with Crippen molar-refractivity contribution in [1.82, 2.24) is 0 Å². The molecule has 1 atom stereocenters. The maximum absolute atomic E-state index is 6.12. The van der Waals surface area contributed by atoms with E-state index in [1.807, 2.05) is 30.0 Å². The van der Waals surface area contributed by atoms with Crippen LogP contribution in [0, 0.1) is 0 Å². The average Bonchev–Trinajstić information content (AvgIpc) is 2.35. The summed E-state index contributed by atoms with van der Waals surface area (Å²) in [5, 5.41) is 0. The van der Waals surface area contributed by atoms with E-state index in [2.05, 4.69) is 6.92 Å². The highest BCUT2D eigenvalue weighted by molar-refractivity contribution is 7.99.